The highest BCUT2D eigenvalue weighted by atomic mass is 16.2. The Morgan fingerprint density at radius 1 is 1.17 bits per heavy atom. The van der Waals surface area contributed by atoms with Gasteiger partial charge in [-0.2, -0.15) is 0 Å². The van der Waals surface area contributed by atoms with E-state index in [1.807, 2.05) is 0 Å². The summed E-state index contributed by atoms with van der Waals surface area (Å²) >= 11 is 0. The molecule has 1 aliphatic heterocycles. The minimum absolute atomic E-state index is 0.0607. The summed E-state index contributed by atoms with van der Waals surface area (Å²) in [5.41, 5.74) is 0.809. The van der Waals surface area contributed by atoms with Gasteiger partial charge in [0.15, 0.2) is 0 Å². The minimum Gasteiger partial charge on any atom is -0.356 e. The molecule has 0 atom stereocenters. The van der Waals surface area contributed by atoms with E-state index in [1.54, 1.807) is 6.07 Å². The van der Waals surface area contributed by atoms with E-state index < -0.39 is 0 Å². The average molecular weight is 317 g/mol. The minimum atomic E-state index is -0.271. The van der Waals surface area contributed by atoms with Gasteiger partial charge in [-0.15, -0.1) is 0 Å². The third-order valence-electron chi connectivity index (χ3n) is 3.77. The number of hydrogen-bond acceptors (Lipinski definition) is 4. The number of pyridine rings is 1. The highest BCUT2D eigenvalue weighted by Gasteiger charge is 2.34. The van der Waals surface area contributed by atoms with E-state index in [2.05, 4.69) is 24.1 Å². The summed E-state index contributed by atoms with van der Waals surface area (Å²) in [7, 11) is 0. The number of nitrogens with one attached hydrogen (secondary N) is 1. The van der Waals surface area contributed by atoms with E-state index in [9.17, 15) is 14.4 Å². The van der Waals surface area contributed by atoms with E-state index in [0.717, 1.165) is 12.8 Å². The molecule has 0 aromatic carbocycles. The second-order valence-corrected chi connectivity index (χ2v) is 6.19. The van der Waals surface area contributed by atoms with Crippen molar-refractivity contribution in [3.8, 4) is 0 Å². The zero-order valence-electron chi connectivity index (χ0n) is 13.7. The monoisotopic (exact) mass is 317 g/mol. The maximum atomic E-state index is 12.1. The third kappa shape index (κ3) is 4.37. The molecule has 1 aromatic rings. The first-order valence-corrected chi connectivity index (χ1v) is 8.07. The fraction of sp³-hybridized carbons (Fsp3) is 0.529. The molecule has 1 aliphatic rings. The van der Waals surface area contributed by atoms with Crippen molar-refractivity contribution in [2.45, 2.75) is 39.5 Å². The van der Waals surface area contributed by atoms with Crippen LogP contribution in [0.4, 0.5) is 0 Å². The molecule has 1 aromatic heterocycles. The molecule has 6 nitrogen and oxygen atoms in total. The van der Waals surface area contributed by atoms with Crippen LogP contribution in [-0.2, 0) is 4.79 Å². The fourth-order valence-electron chi connectivity index (χ4n) is 2.48. The third-order valence-corrected chi connectivity index (χ3v) is 3.77. The molecule has 6 heteroatoms. The Kier molecular flexibility index (Phi) is 5.84. The Balaban J connectivity index is 1.69. The number of rotatable bonds is 8. The summed E-state index contributed by atoms with van der Waals surface area (Å²) in [5.74, 6) is -0.0115. The van der Waals surface area contributed by atoms with Gasteiger partial charge in [0.05, 0.1) is 11.1 Å². The van der Waals surface area contributed by atoms with Crippen molar-refractivity contribution in [1.82, 2.24) is 15.2 Å². The van der Waals surface area contributed by atoms with Crippen LogP contribution in [0, 0.1) is 5.92 Å². The molecule has 0 bridgehead atoms. The molecule has 124 valence electrons. The van der Waals surface area contributed by atoms with Crippen molar-refractivity contribution in [2.24, 2.45) is 5.92 Å². The smallest absolute Gasteiger partial charge is 0.263 e. The molecular formula is C17H23N3O3. The summed E-state index contributed by atoms with van der Waals surface area (Å²) in [6.07, 6.45) is 5.71. The van der Waals surface area contributed by atoms with Gasteiger partial charge in [0.1, 0.15) is 0 Å². The Hall–Kier alpha value is -2.24. The van der Waals surface area contributed by atoms with E-state index >= 15 is 0 Å². The second-order valence-electron chi connectivity index (χ2n) is 6.19. The number of carbonyl (C=O) groups excluding carboxylic acids is 3. The van der Waals surface area contributed by atoms with Gasteiger partial charge < -0.3 is 5.32 Å². The second kappa shape index (κ2) is 7.85. The average Bonchev–Trinajstić information content (AvgIpc) is 2.77. The summed E-state index contributed by atoms with van der Waals surface area (Å²) in [5, 5.41) is 2.88. The molecule has 0 aliphatic carbocycles. The van der Waals surface area contributed by atoms with Crippen LogP contribution in [0.3, 0.4) is 0 Å². The van der Waals surface area contributed by atoms with E-state index in [1.165, 1.54) is 17.3 Å². The van der Waals surface area contributed by atoms with Gasteiger partial charge in [0.2, 0.25) is 5.91 Å². The molecule has 0 saturated carbocycles. The Bertz CT molecular complexity index is 564. The van der Waals surface area contributed by atoms with Crippen LogP contribution in [0.1, 0.15) is 60.2 Å². The molecule has 0 saturated heterocycles. The maximum Gasteiger partial charge on any atom is 0.263 e. The highest BCUT2D eigenvalue weighted by Crippen LogP contribution is 2.21. The zero-order valence-corrected chi connectivity index (χ0v) is 13.7. The van der Waals surface area contributed by atoms with Gasteiger partial charge in [0.25, 0.3) is 11.8 Å². The number of nitrogens with zero attached hydrogens (tertiary/aromatic N) is 2. The molecule has 0 spiro atoms. The topological polar surface area (TPSA) is 79.4 Å². The van der Waals surface area contributed by atoms with E-state index in [4.69, 9.17) is 0 Å². The quantitative estimate of drug-likeness (QED) is 0.587. The lowest BCUT2D eigenvalue weighted by Gasteiger charge is -2.13. The number of unbranched alkanes of at least 4 members (excludes halogenated alkanes) is 2. The molecule has 2 rings (SSSR count). The molecule has 3 amide bonds. The number of fused-ring (bicyclic) bond motifs is 1. The Labute approximate surface area is 136 Å². The lowest BCUT2D eigenvalue weighted by molar-refractivity contribution is -0.121. The number of hydrogen-bond donors (Lipinski definition) is 1. The predicted molar refractivity (Wildman–Crippen MR) is 85.9 cm³/mol. The predicted octanol–water partition coefficient (Wildman–Crippen LogP) is 2.01. The van der Waals surface area contributed by atoms with Gasteiger partial charge >= 0.3 is 0 Å². The number of aromatic nitrogens is 1. The Morgan fingerprint density at radius 3 is 2.61 bits per heavy atom. The van der Waals surface area contributed by atoms with Gasteiger partial charge in [0, 0.05) is 31.9 Å². The molecule has 0 unspecified atom stereocenters. The number of amides is 3. The van der Waals surface area contributed by atoms with Gasteiger partial charge in [-0.25, -0.2) is 0 Å². The summed E-state index contributed by atoms with van der Waals surface area (Å²) < 4.78 is 0. The highest BCUT2D eigenvalue weighted by molar-refractivity contribution is 6.21. The zero-order chi connectivity index (χ0) is 16.8. The standard InChI is InChI=1S/C17H23N3O3/c1-12(2)10-19-15(21)6-4-3-5-9-20-16(22)13-7-8-18-11-14(13)17(20)23/h7-8,11-12H,3-6,9-10H2,1-2H3,(H,19,21). The van der Waals surface area contributed by atoms with Gasteiger partial charge in [-0.1, -0.05) is 20.3 Å². The van der Waals surface area contributed by atoms with Crippen LogP contribution in [0.2, 0.25) is 0 Å². The van der Waals surface area contributed by atoms with Crippen molar-refractivity contribution in [2.75, 3.05) is 13.1 Å². The lowest BCUT2D eigenvalue weighted by atomic mass is 10.1. The van der Waals surface area contributed by atoms with Gasteiger partial charge in [-0.3, -0.25) is 24.3 Å². The van der Waals surface area contributed by atoms with Crippen LogP contribution in [0.5, 0.6) is 0 Å². The van der Waals surface area contributed by atoms with Crippen LogP contribution in [0.15, 0.2) is 18.5 Å². The summed E-state index contributed by atoms with van der Waals surface area (Å²) in [6.45, 7) is 5.19. The number of carbonyl (C=O) groups is 3. The van der Waals surface area contributed by atoms with Crippen molar-refractivity contribution in [1.29, 1.82) is 0 Å². The van der Waals surface area contributed by atoms with Crippen LogP contribution >= 0.6 is 0 Å². The summed E-state index contributed by atoms with van der Waals surface area (Å²) in [6, 6.07) is 1.58. The van der Waals surface area contributed by atoms with E-state index in [-0.39, 0.29) is 17.7 Å². The molecule has 2 heterocycles. The van der Waals surface area contributed by atoms with Gasteiger partial charge in [-0.05, 0) is 24.8 Å². The SMILES string of the molecule is CC(C)CNC(=O)CCCCCN1C(=O)c2ccncc2C1=O. The van der Waals surface area contributed by atoms with Crippen LogP contribution in [-0.4, -0.2) is 40.7 Å². The van der Waals surface area contributed by atoms with Crippen LogP contribution in [0.25, 0.3) is 0 Å². The van der Waals surface area contributed by atoms with E-state index in [0.29, 0.717) is 43.0 Å². The molecular weight excluding hydrogens is 294 g/mol. The fourth-order valence-corrected chi connectivity index (χ4v) is 2.48. The Morgan fingerprint density at radius 2 is 1.91 bits per heavy atom. The molecule has 1 N–H and O–H groups in total. The van der Waals surface area contributed by atoms with Crippen molar-refractivity contribution in [3.63, 3.8) is 0 Å². The molecule has 0 fully saturated rings. The molecule has 23 heavy (non-hydrogen) atoms. The van der Waals surface area contributed by atoms with Crippen molar-refractivity contribution >= 4 is 17.7 Å². The normalized spacial score (nSPS) is 13.6. The first kappa shape index (κ1) is 17.1. The van der Waals surface area contributed by atoms with Crippen molar-refractivity contribution < 1.29 is 14.4 Å². The number of imide groups is 1. The largest absolute Gasteiger partial charge is 0.356 e. The lowest BCUT2D eigenvalue weighted by Crippen LogP contribution is -2.30. The summed E-state index contributed by atoms with van der Waals surface area (Å²) in [4.78, 5) is 41.0. The van der Waals surface area contributed by atoms with Crippen molar-refractivity contribution in [3.05, 3.63) is 29.6 Å². The maximum absolute atomic E-state index is 12.1. The first-order chi connectivity index (χ1) is 11.0. The van der Waals surface area contributed by atoms with Crippen LogP contribution < -0.4 is 5.32 Å². The molecule has 0 radical (unpaired) electrons. The first-order valence-electron chi connectivity index (χ1n) is 8.07.